The van der Waals surface area contributed by atoms with E-state index in [-0.39, 0.29) is 0 Å². The van der Waals surface area contributed by atoms with Gasteiger partial charge in [0.2, 0.25) is 0 Å². The molecule has 4 nitrogen and oxygen atoms in total. The van der Waals surface area contributed by atoms with Crippen molar-refractivity contribution < 1.29 is 0 Å². The van der Waals surface area contributed by atoms with Gasteiger partial charge >= 0.3 is 0 Å². The third-order valence-electron chi connectivity index (χ3n) is 3.61. The summed E-state index contributed by atoms with van der Waals surface area (Å²) in [5.74, 6) is 1.26. The van der Waals surface area contributed by atoms with Gasteiger partial charge in [0.25, 0.3) is 0 Å². The van der Waals surface area contributed by atoms with E-state index in [0.29, 0.717) is 11.7 Å². The maximum Gasteiger partial charge on any atom is 0.161 e. The number of anilines is 1. The smallest absolute Gasteiger partial charge is 0.161 e. The molecule has 0 bridgehead atoms. The fraction of sp³-hybridized carbons (Fsp3) is 0.333. The normalized spacial score (nSPS) is 15.1. The lowest BCUT2D eigenvalue weighted by molar-refractivity contribution is 0.948. The van der Waals surface area contributed by atoms with Crippen molar-refractivity contribution in [2.24, 2.45) is 0 Å². The molecule has 2 N–H and O–H groups in total. The first kappa shape index (κ1) is 16.0. The molecule has 1 saturated carbocycles. The molecule has 0 atom stereocenters. The van der Waals surface area contributed by atoms with E-state index >= 15 is 0 Å². The zero-order chi connectivity index (χ0) is 16.1. The van der Waals surface area contributed by atoms with Crippen molar-refractivity contribution in [3.8, 4) is 0 Å². The molecule has 0 aromatic carbocycles. The molecule has 1 aliphatic rings. The van der Waals surface area contributed by atoms with E-state index in [2.05, 4.69) is 37.3 Å². The van der Waals surface area contributed by atoms with Crippen LogP contribution in [0.4, 0.5) is 5.82 Å². The molecule has 0 amide bonds. The molecule has 0 unspecified atom stereocenters. The molecule has 1 fully saturated rings. The summed E-state index contributed by atoms with van der Waals surface area (Å²) in [5.41, 5.74) is 10.3. The van der Waals surface area contributed by atoms with Crippen LogP contribution in [-0.4, -0.2) is 14.6 Å². The summed E-state index contributed by atoms with van der Waals surface area (Å²) in [6.07, 6.45) is 11.6. The van der Waals surface area contributed by atoms with E-state index in [1.807, 2.05) is 25.3 Å². The minimum Gasteiger partial charge on any atom is -0.384 e. The Bertz CT molecular complexity index is 705. The second-order valence-electron chi connectivity index (χ2n) is 5.24. The van der Waals surface area contributed by atoms with Gasteiger partial charge in [-0.3, -0.25) is 0 Å². The first-order valence-corrected chi connectivity index (χ1v) is 7.72. The molecular formula is C18H24N4. The Morgan fingerprint density at radius 3 is 2.77 bits per heavy atom. The first-order valence-electron chi connectivity index (χ1n) is 7.72. The van der Waals surface area contributed by atoms with Crippen molar-refractivity contribution in [1.29, 1.82) is 0 Å². The Morgan fingerprint density at radius 1 is 1.45 bits per heavy atom. The summed E-state index contributed by atoms with van der Waals surface area (Å²) in [6, 6.07) is 1.90. The quantitative estimate of drug-likeness (QED) is 0.673. The summed E-state index contributed by atoms with van der Waals surface area (Å²) < 4.78 is 1.75. The van der Waals surface area contributed by atoms with Crippen molar-refractivity contribution in [1.82, 2.24) is 14.6 Å². The van der Waals surface area contributed by atoms with Crippen molar-refractivity contribution >= 4 is 17.0 Å². The molecule has 0 spiro atoms. The summed E-state index contributed by atoms with van der Waals surface area (Å²) in [6.45, 7) is 10.1. The van der Waals surface area contributed by atoms with Crippen LogP contribution in [0.5, 0.6) is 0 Å². The fourth-order valence-electron chi connectivity index (χ4n) is 2.49. The molecule has 116 valence electrons. The van der Waals surface area contributed by atoms with Gasteiger partial charge in [-0.25, -0.2) is 4.98 Å². The number of hydrogen-bond donors (Lipinski definition) is 1. The minimum absolute atomic E-state index is 0.620. The number of nitrogens with zero attached hydrogens (tertiary/aromatic N) is 3. The highest BCUT2D eigenvalue weighted by molar-refractivity contribution is 5.74. The highest BCUT2D eigenvalue weighted by atomic mass is 15.3. The van der Waals surface area contributed by atoms with Crippen LogP contribution in [0.25, 0.3) is 11.2 Å². The Hall–Kier alpha value is -2.36. The average Bonchev–Trinajstić information content (AvgIpc) is 3.28. The van der Waals surface area contributed by atoms with E-state index in [1.165, 1.54) is 18.4 Å². The standard InChI is InChI=1S/C16H20N4.C2H4/c1-3-5-12(6-4-2)14-9-15(17)20-16(19-14)13(10-18-20)11-7-8-11;1-2/h3,5-6,9-11H,4,7-8,17H2,1-2H3;1-2H2/b5-3-,12-6+;. The van der Waals surface area contributed by atoms with Crippen molar-refractivity contribution in [2.45, 2.75) is 39.0 Å². The predicted molar refractivity (Wildman–Crippen MR) is 93.7 cm³/mol. The van der Waals surface area contributed by atoms with E-state index in [1.54, 1.807) is 4.52 Å². The number of rotatable bonds is 4. The van der Waals surface area contributed by atoms with E-state index in [4.69, 9.17) is 10.7 Å². The SMILES string of the molecule is C/C=C\C(=C/CC)c1cc(N)n2ncc(C3CC3)c2n1.C=C. The number of allylic oxidation sites excluding steroid dienone is 4. The molecular weight excluding hydrogens is 272 g/mol. The second kappa shape index (κ2) is 7.07. The van der Waals surface area contributed by atoms with E-state index in [0.717, 1.165) is 23.3 Å². The Labute approximate surface area is 132 Å². The first-order chi connectivity index (χ1) is 10.7. The Kier molecular flexibility index (Phi) is 5.15. The van der Waals surface area contributed by atoms with E-state index in [9.17, 15) is 0 Å². The summed E-state index contributed by atoms with van der Waals surface area (Å²) >= 11 is 0. The molecule has 22 heavy (non-hydrogen) atoms. The zero-order valence-electron chi connectivity index (χ0n) is 13.4. The maximum atomic E-state index is 6.13. The number of aromatic nitrogens is 3. The molecule has 4 heteroatoms. The molecule has 0 aliphatic heterocycles. The van der Waals surface area contributed by atoms with Crippen LogP contribution < -0.4 is 5.73 Å². The molecule has 2 aromatic heterocycles. The lowest BCUT2D eigenvalue weighted by Crippen LogP contribution is -2.03. The van der Waals surface area contributed by atoms with Gasteiger partial charge < -0.3 is 5.73 Å². The molecule has 1 aliphatic carbocycles. The fourth-order valence-corrected chi connectivity index (χ4v) is 2.49. The van der Waals surface area contributed by atoms with Gasteiger partial charge in [0.05, 0.1) is 11.9 Å². The predicted octanol–water partition coefficient (Wildman–Crippen LogP) is 4.36. The van der Waals surface area contributed by atoms with Gasteiger partial charge in [-0.1, -0.05) is 25.2 Å². The van der Waals surface area contributed by atoms with E-state index < -0.39 is 0 Å². The molecule has 3 rings (SSSR count). The highest BCUT2D eigenvalue weighted by Gasteiger charge is 2.28. The number of fused-ring (bicyclic) bond motifs is 1. The van der Waals surface area contributed by atoms with Crippen LogP contribution in [0.1, 0.15) is 50.3 Å². The third-order valence-corrected chi connectivity index (χ3v) is 3.61. The van der Waals surface area contributed by atoms with Crippen molar-refractivity contribution in [2.75, 3.05) is 5.73 Å². The minimum atomic E-state index is 0.620. The number of hydrogen-bond acceptors (Lipinski definition) is 3. The summed E-state index contributed by atoms with van der Waals surface area (Å²) in [7, 11) is 0. The van der Waals surface area contributed by atoms with Crippen LogP contribution in [0.3, 0.4) is 0 Å². The van der Waals surface area contributed by atoms with Gasteiger partial charge in [-0.2, -0.15) is 9.61 Å². The average molecular weight is 296 g/mol. The van der Waals surface area contributed by atoms with Gasteiger partial charge in [0.1, 0.15) is 5.82 Å². The van der Waals surface area contributed by atoms with Crippen LogP contribution >= 0.6 is 0 Å². The van der Waals surface area contributed by atoms with Gasteiger partial charge in [0.15, 0.2) is 5.65 Å². The molecule has 0 radical (unpaired) electrons. The van der Waals surface area contributed by atoms with Crippen molar-refractivity contribution in [3.63, 3.8) is 0 Å². The third kappa shape index (κ3) is 3.11. The zero-order valence-corrected chi connectivity index (χ0v) is 13.4. The molecule has 2 aromatic rings. The molecule has 0 saturated heterocycles. The van der Waals surface area contributed by atoms with Gasteiger partial charge in [-0.05, 0) is 37.7 Å². The lowest BCUT2D eigenvalue weighted by Gasteiger charge is -2.06. The lowest BCUT2D eigenvalue weighted by atomic mass is 10.1. The monoisotopic (exact) mass is 296 g/mol. The topological polar surface area (TPSA) is 56.2 Å². The van der Waals surface area contributed by atoms with Crippen LogP contribution in [0, 0.1) is 0 Å². The summed E-state index contributed by atoms with van der Waals surface area (Å²) in [5, 5.41) is 4.36. The van der Waals surface area contributed by atoms with Crippen LogP contribution in [0.2, 0.25) is 0 Å². The van der Waals surface area contributed by atoms with Crippen molar-refractivity contribution in [3.05, 3.63) is 54.9 Å². The highest BCUT2D eigenvalue weighted by Crippen LogP contribution is 2.41. The Balaban J connectivity index is 0.000000847. The second-order valence-corrected chi connectivity index (χ2v) is 5.24. The maximum absolute atomic E-state index is 6.13. The number of nitrogen functional groups attached to an aromatic ring is 1. The summed E-state index contributed by atoms with van der Waals surface area (Å²) in [4.78, 5) is 4.80. The molecule has 2 heterocycles. The van der Waals surface area contributed by atoms with Crippen LogP contribution in [-0.2, 0) is 0 Å². The van der Waals surface area contributed by atoms with Gasteiger partial charge in [-0.15, -0.1) is 13.2 Å². The Morgan fingerprint density at radius 2 is 2.18 bits per heavy atom. The van der Waals surface area contributed by atoms with Gasteiger partial charge in [0, 0.05) is 11.6 Å². The largest absolute Gasteiger partial charge is 0.384 e. The number of nitrogens with two attached hydrogens (primary N) is 1. The van der Waals surface area contributed by atoms with Crippen LogP contribution in [0.15, 0.2) is 43.6 Å².